The molecule has 0 aliphatic rings. The Morgan fingerprint density at radius 1 is 1.44 bits per heavy atom. The second kappa shape index (κ2) is 6.70. The van der Waals surface area contributed by atoms with Crippen LogP contribution in [0.5, 0.6) is 0 Å². The van der Waals surface area contributed by atoms with Crippen molar-refractivity contribution in [3.05, 3.63) is 11.1 Å². The lowest BCUT2D eigenvalue weighted by atomic mass is 10.2. The number of carboxylic acid groups (broad SMARTS) is 1. The number of thiazole rings is 1. The summed E-state index contributed by atoms with van der Waals surface area (Å²) in [5, 5.41) is 14.1. The van der Waals surface area contributed by atoms with Gasteiger partial charge in [-0.2, -0.15) is 0 Å². The van der Waals surface area contributed by atoms with Gasteiger partial charge in [0.2, 0.25) is 0 Å². The third kappa shape index (κ3) is 4.27. The number of carbonyl (C=O) groups is 1. The average Bonchev–Trinajstić information content (AvgIpc) is 2.71. The Bertz CT molecular complexity index is 382. The minimum Gasteiger partial charge on any atom is -0.476 e. The fourth-order valence-electron chi connectivity index (χ4n) is 1.86. The van der Waals surface area contributed by atoms with Gasteiger partial charge in [0.15, 0.2) is 10.8 Å². The highest BCUT2D eigenvalue weighted by Crippen LogP contribution is 2.15. The van der Waals surface area contributed by atoms with Crippen molar-refractivity contribution in [1.29, 1.82) is 0 Å². The third-order valence-corrected chi connectivity index (χ3v) is 3.50. The van der Waals surface area contributed by atoms with Crippen molar-refractivity contribution in [2.45, 2.75) is 39.8 Å². The summed E-state index contributed by atoms with van der Waals surface area (Å²) in [7, 11) is 0. The summed E-state index contributed by atoms with van der Waals surface area (Å²) in [6.07, 6.45) is 0. The van der Waals surface area contributed by atoms with E-state index < -0.39 is 5.97 Å². The van der Waals surface area contributed by atoms with E-state index in [1.807, 2.05) is 0 Å². The highest BCUT2D eigenvalue weighted by atomic mass is 32.1. The number of nitrogens with one attached hydrogen (secondary N) is 1. The smallest absolute Gasteiger partial charge is 0.355 e. The number of carboxylic acids is 1. The molecule has 0 aliphatic heterocycles. The molecule has 0 spiro atoms. The Hall–Kier alpha value is -1.14. The third-order valence-electron chi connectivity index (χ3n) is 2.70. The molecular weight excluding hydrogens is 250 g/mol. The molecule has 0 atom stereocenters. The Morgan fingerprint density at radius 3 is 2.50 bits per heavy atom. The zero-order valence-electron chi connectivity index (χ0n) is 11.3. The lowest BCUT2D eigenvalue weighted by molar-refractivity contribution is 0.0691. The van der Waals surface area contributed by atoms with E-state index in [1.165, 1.54) is 11.3 Å². The van der Waals surface area contributed by atoms with Crippen LogP contribution in [0.2, 0.25) is 0 Å². The maximum atomic E-state index is 10.7. The Balaban J connectivity index is 2.42. The summed E-state index contributed by atoms with van der Waals surface area (Å²) in [5.41, 5.74) is 0.104. The van der Waals surface area contributed by atoms with E-state index in [0.717, 1.165) is 13.1 Å². The van der Waals surface area contributed by atoms with E-state index in [1.54, 1.807) is 5.38 Å². The molecule has 1 aromatic rings. The standard InChI is InChI=1S/C12H21N3O2S/c1-8(2)15(9(3)4)6-5-13-12-14-10(7-18-12)11(16)17/h7-9H,5-6H2,1-4H3,(H,13,14)(H,16,17). The van der Waals surface area contributed by atoms with Crippen molar-refractivity contribution in [3.8, 4) is 0 Å². The van der Waals surface area contributed by atoms with E-state index in [0.29, 0.717) is 17.2 Å². The zero-order chi connectivity index (χ0) is 13.7. The van der Waals surface area contributed by atoms with Gasteiger partial charge in [0.25, 0.3) is 0 Å². The number of hydrogen-bond donors (Lipinski definition) is 2. The van der Waals surface area contributed by atoms with Gasteiger partial charge in [0.1, 0.15) is 0 Å². The molecule has 102 valence electrons. The molecule has 5 nitrogen and oxygen atoms in total. The molecule has 0 saturated carbocycles. The van der Waals surface area contributed by atoms with Gasteiger partial charge in [0.05, 0.1) is 0 Å². The van der Waals surface area contributed by atoms with Gasteiger partial charge in [-0.25, -0.2) is 9.78 Å². The monoisotopic (exact) mass is 271 g/mol. The van der Waals surface area contributed by atoms with Crippen LogP contribution in [0, 0.1) is 0 Å². The minimum absolute atomic E-state index is 0.104. The molecule has 6 heteroatoms. The first-order chi connectivity index (χ1) is 8.41. The summed E-state index contributed by atoms with van der Waals surface area (Å²) in [5.74, 6) is -0.981. The van der Waals surface area contributed by atoms with E-state index in [4.69, 9.17) is 5.11 Å². The average molecular weight is 271 g/mol. The number of aromatic nitrogens is 1. The van der Waals surface area contributed by atoms with Gasteiger partial charge in [-0.1, -0.05) is 0 Å². The van der Waals surface area contributed by atoms with Crippen LogP contribution >= 0.6 is 11.3 Å². The summed E-state index contributed by atoms with van der Waals surface area (Å²) in [4.78, 5) is 17.0. The molecular formula is C12H21N3O2S. The van der Waals surface area contributed by atoms with Crippen LogP contribution in [0.15, 0.2) is 5.38 Å². The van der Waals surface area contributed by atoms with E-state index >= 15 is 0 Å². The largest absolute Gasteiger partial charge is 0.476 e. The normalized spacial score (nSPS) is 11.5. The van der Waals surface area contributed by atoms with Crippen LogP contribution < -0.4 is 5.32 Å². The molecule has 0 bridgehead atoms. The maximum Gasteiger partial charge on any atom is 0.355 e. The molecule has 1 heterocycles. The molecule has 0 radical (unpaired) electrons. The quantitative estimate of drug-likeness (QED) is 0.797. The Morgan fingerprint density at radius 2 is 2.06 bits per heavy atom. The van der Waals surface area contributed by atoms with Gasteiger partial charge >= 0.3 is 5.97 Å². The lowest BCUT2D eigenvalue weighted by Crippen LogP contribution is -2.40. The SMILES string of the molecule is CC(C)N(CCNc1nc(C(=O)O)cs1)C(C)C. The number of rotatable bonds is 7. The summed E-state index contributed by atoms with van der Waals surface area (Å²) < 4.78 is 0. The molecule has 0 aliphatic carbocycles. The summed E-state index contributed by atoms with van der Waals surface area (Å²) in [6, 6.07) is 0.996. The van der Waals surface area contributed by atoms with Crippen molar-refractivity contribution >= 4 is 22.4 Å². The van der Waals surface area contributed by atoms with Crippen LogP contribution in [0.3, 0.4) is 0 Å². The van der Waals surface area contributed by atoms with Gasteiger partial charge < -0.3 is 10.4 Å². The molecule has 0 saturated heterocycles. The molecule has 1 aromatic heterocycles. The predicted molar refractivity (Wildman–Crippen MR) is 74.5 cm³/mol. The molecule has 18 heavy (non-hydrogen) atoms. The Labute approximate surface area is 112 Å². The first-order valence-corrected chi connectivity index (χ1v) is 6.98. The lowest BCUT2D eigenvalue weighted by Gasteiger charge is -2.30. The number of aromatic carboxylic acids is 1. The second-order valence-corrected chi connectivity index (χ2v) is 5.55. The fraction of sp³-hybridized carbons (Fsp3) is 0.667. The van der Waals surface area contributed by atoms with Gasteiger partial charge in [-0.05, 0) is 27.7 Å². The van der Waals surface area contributed by atoms with Crippen LogP contribution in [-0.2, 0) is 0 Å². The second-order valence-electron chi connectivity index (χ2n) is 4.70. The summed E-state index contributed by atoms with van der Waals surface area (Å²) in [6.45, 7) is 10.4. The van der Waals surface area contributed by atoms with Crippen LogP contribution in [0.25, 0.3) is 0 Å². The van der Waals surface area contributed by atoms with Crippen molar-refractivity contribution in [1.82, 2.24) is 9.88 Å². The molecule has 2 N–H and O–H groups in total. The molecule has 0 unspecified atom stereocenters. The molecule has 1 rings (SSSR count). The van der Waals surface area contributed by atoms with Crippen LogP contribution in [-0.4, -0.2) is 46.1 Å². The summed E-state index contributed by atoms with van der Waals surface area (Å²) >= 11 is 1.32. The molecule has 0 amide bonds. The van der Waals surface area contributed by atoms with Gasteiger partial charge in [0, 0.05) is 30.6 Å². The van der Waals surface area contributed by atoms with E-state index in [9.17, 15) is 4.79 Å². The van der Waals surface area contributed by atoms with Crippen LogP contribution in [0.1, 0.15) is 38.2 Å². The van der Waals surface area contributed by atoms with Gasteiger partial charge in [-0.3, -0.25) is 4.90 Å². The van der Waals surface area contributed by atoms with Crippen molar-refractivity contribution in [3.63, 3.8) is 0 Å². The van der Waals surface area contributed by atoms with Crippen LogP contribution in [0.4, 0.5) is 5.13 Å². The van der Waals surface area contributed by atoms with E-state index in [2.05, 4.69) is 42.9 Å². The van der Waals surface area contributed by atoms with Crippen molar-refractivity contribution in [2.24, 2.45) is 0 Å². The number of anilines is 1. The predicted octanol–water partition coefficient (Wildman–Crippen LogP) is 2.37. The van der Waals surface area contributed by atoms with Crippen molar-refractivity contribution in [2.75, 3.05) is 18.4 Å². The molecule has 0 aromatic carbocycles. The molecule has 0 fully saturated rings. The Kier molecular flexibility index (Phi) is 5.55. The van der Waals surface area contributed by atoms with E-state index in [-0.39, 0.29) is 5.69 Å². The number of nitrogens with zero attached hydrogens (tertiary/aromatic N) is 2. The zero-order valence-corrected chi connectivity index (χ0v) is 12.1. The topological polar surface area (TPSA) is 65.5 Å². The highest BCUT2D eigenvalue weighted by molar-refractivity contribution is 7.13. The maximum absolute atomic E-state index is 10.7. The highest BCUT2D eigenvalue weighted by Gasteiger charge is 2.13. The first-order valence-electron chi connectivity index (χ1n) is 6.10. The number of hydrogen-bond acceptors (Lipinski definition) is 5. The van der Waals surface area contributed by atoms with Gasteiger partial charge in [-0.15, -0.1) is 11.3 Å². The first kappa shape index (κ1) is 14.9. The fourth-order valence-corrected chi connectivity index (χ4v) is 2.57. The minimum atomic E-state index is -0.981. The van der Waals surface area contributed by atoms with Crippen molar-refractivity contribution < 1.29 is 9.90 Å².